The van der Waals surface area contributed by atoms with E-state index in [1.165, 1.54) is 4.90 Å². The van der Waals surface area contributed by atoms with Crippen molar-refractivity contribution in [3.8, 4) is 5.75 Å². The van der Waals surface area contributed by atoms with Gasteiger partial charge in [0.2, 0.25) is 5.78 Å². The second-order valence-electron chi connectivity index (χ2n) is 4.55. The average Bonchev–Trinajstić information content (AvgIpc) is 2.52. The number of rotatable bonds is 3. The Morgan fingerprint density at radius 2 is 1.75 bits per heavy atom. The van der Waals surface area contributed by atoms with Gasteiger partial charge < -0.3 is 4.74 Å². The first-order chi connectivity index (χ1) is 9.72. The standard InChI is InChI=1S/C16H13NO3/c1-20-13-9-5-6-11(10-13)14-15(18)16(19)17(14)12-7-3-2-4-8-12/h2-10,14H,1H3. The highest BCUT2D eigenvalue weighted by molar-refractivity contribution is 6.51. The second-order valence-corrected chi connectivity index (χ2v) is 4.55. The summed E-state index contributed by atoms with van der Waals surface area (Å²) >= 11 is 0. The molecule has 2 aromatic rings. The summed E-state index contributed by atoms with van der Waals surface area (Å²) in [6, 6.07) is 15.9. The predicted octanol–water partition coefficient (Wildman–Crippen LogP) is 2.35. The van der Waals surface area contributed by atoms with Crippen LogP contribution >= 0.6 is 0 Å². The first kappa shape index (κ1) is 12.4. The third kappa shape index (κ3) is 1.86. The molecule has 0 spiro atoms. The van der Waals surface area contributed by atoms with E-state index in [1.54, 1.807) is 19.2 Å². The van der Waals surface area contributed by atoms with E-state index in [4.69, 9.17) is 4.74 Å². The van der Waals surface area contributed by atoms with Crippen molar-refractivity contribution in [2.45, 2.75) is 6.04 Å². The smallest absolute Gasteiger partial charge is 0.297 e. The maximum absolute atomic E-state index is 11.9. The molecule has 1 saturated heterocycles. The Morgan fingerprint density at radius 3 is 2.45 bits per heavy atom. The fourth-order valence-corrected chi connectivity index (χ4v) is 2.37. The van der Waals surface area contributed by atoms with Gasteiger partial charge in [-0.3, -0.25) is 14.5 Å². The summed E-state index contributed by atoms with van der Waals surface area (Å²) in [4.78, 5) is 25.3. The van der Waals surface area contributed by atoms with Crippen molar-refractivity contribution in [3.63, 3.8) is 0 Å². The molecule has 3 rings (SSSR count). The number of ketones is 1. The molecule has 0 saturated carbocycles. The monoisotopic (exact) mass is 267 g/mol. The zero-order valence-electron chi connectivity index (χ0n) is 10.9. The molecule has 0 radical (unpaired) electrons. The van der Waals surface area contributed by atoms with Crippen LogP contribution in [0.1, 0.15) is 11.6 Å². The lowest BCUT2D eigenvalue weighted by Gasteiger charge is -2.38. The van der Waals surface area contributed by atoms with Crippen molar-refractivity contribution in [2.75, 3.05) is 12.0 Å². The number of benzene rings is 2. The molecule has 4 heteroatoms. The van der Waals surface area contributed by atoms with Crippen molar-refractivity contribution in [1.29, 1.82) is 0 Å². The Bertz CT molecular complexity index is 666. The molecule has 0 N–H and O–H groups in total. The lowest BCUT2D eigenvalue weighted by Crippen LogP contribution is -2.56. The van der Waals surface area contributed by atoms with E-state index in [-0.39, 0.29) is 5.78 Å². The summed E-state index contributed by atoms with van der Waals surface area (Å²) in [6.45, 7) is 0. The van der Waals surface area contributed by atoms with Gasteiger partial charge in [-0.2, -0.15) is 0 Å². The first-order valence-corrected chi connectivity index (χ1v) is 6.29. The minimum Gasteiger partial charge on any atom is -0.497 e. The SMILES string of the molecule is COc1cccc(C2C(=O)C(=O)N2c2ccccc2)c1. The van der Waals surface area contributed by atoms with E-state index in [0.717, 1.165) is 11.3 Å². The number of hydrogen-bond acceptors (Lipinski definition) is 3. The number of carbonyl (C=O) groups excluding carboxylic acids is 2. The summed E-state index contributed by atoms with van der Waals surface area (Å²) in [6.07, 6.45) is 0. The molecule has 0 aromatic heterocycles. The largest absolute Gasteiger partial charge is 0.497 e. The topological polar surface area (TPSA) is 46.6 Å². The van der Waals surface area contributed by atoms with E-state index in [2.05, 4.69) is 0 Å². The quantitative estimate of drug-likeness (QED) is 0.633. The third-order valence-electron chi connectivity index (χ3n) is 3.38. The van der Waals surface area contributed by atoms with Crippen LogP contribution in [-0.2, 0) is 9.59 Å². The fourth-order valence-electron chi connectivity index (χ4n) is 2.37. The Morgan fingerprint density at radius 1 is 1.00 bits per heavy atom. The van der Waals surface area contributed by atoms with Crippen LogP contribution in [-0.4, -0.2) is 18.8 Å². The Kier molecular flexibility index (Phi) is 2.99. The van der Waals surface area contributed by atoms with Gasteiger partial charge in [0.25, 0.3) is 5.91 Å². The molecule has 20 heavy (non-hydrogen) atoms. The Hall–Kier alpha value is -2.62. The first-order valence-electron chi connectivity index (χ1n) is 6.29. The van der Waals surface area contributed by atoms with Gasteiger partial charge in [-0.1, -0.05) is 30.3 Å². The fraction of sp³-hybridized carbons (Fsp3) is 0.125. The van der Waals surface area contributed by atoms with E-state index < -0.39 is 11.9 Å². The number of methoxy groups -OCH3 is 1. The van der Waals surface area contributed by atoms with Crippen LogP contribution in [0.25, 0.3) is 0 Å². The summed E-state index contributed by atoms with van der Waals surface area (Å²) in [5.74, 6) is -0.186. The van der Waals surface area contributed by atoms with Crippen molar-refractivity contribution in [2.24, 2.45) is 0 Å². The molecule has 1 atom stereocenters. The Labute approximate surface area is 116 Å². The minimum atomic E-state index is -0.556. The molecule has 1 amide bonds. The molecule has 1 aliphatic heterocycles. The number of hydrogen-bond donors (Lipinski definition) is 0. The van der Waals surface area contributed by atoms with Crippen LogP contribution in [0.15, 0.2) is 54.6 Å². The van der Waals surface area contributed by atoms with Crippen LogP contribution in [0.4, 0.5) is 5.69 Å². The highest BCUT2D eigenvalue weighted by Gasteiger charge is 2.47. The highest BCUT2D eigenvalue weighted by Crippen LogP contribution is 2.36. The molecule has 0 bridgehead atoms. The number of carbonyl (C=O) groups is 2. The highest BCUT2D eigenvalue weighted by atomic mass is 16.5. The van der Waals surface area contributed by atoms with Crippen molar-refractivity contribution in [1.82, 2.24) is 0 Å². The number of β-lactam (4-membered cyclic amide) rings is 1. The molecule has 4 nitrogen and oxygen atoms in total. The van der Waals surface area contributed by atoms with Gasteiger partial charge in [-0.25, -0.2) is 0 Å². The number of ether oxygens (including phenoxy) is 1. The van der Waals surface area contributed by atoms with E-state index in [1.807, 2.05) is 42.5 Å². The van der Waals surface area contributed by atoms with Gasteiger partial charge in [0.1, 0.15) is 11.8 Å². The van der Waals surface area contributed by atoms with Crippen LogP contribution in [0.3, 0.4) is 0 Å². The van der Waals surface area contributed by atoms with E-state index >= 15 is 0 Å². The summed E-state index contributed by atoms with van der Waals surface area (Å²) in [5, 5.41) is 0. The molecule has 1 unspecified atom stereocenters. The third-order valence-corrected chi connectivity index (χ3v) is 3.38. The van der Waals surface area contributed by atoms with Gasteiger partial charge >= 0.3 is 0 Å². The number of Topliss-reactive ketones (excluding diaryl/α,β-unsaturated/α-hetero) is 1. The van der Waals surface area contributed by atoms with Crippen molar-refractivity contribution in [3.05, 3.63) is 60.2 Å². The second kappa shape index (κ2) is 4.81. The minimum absolute atomic E-state index is 0.387. The average molecular weight is 267 g/mol. The van der Waals surface area contributed by atoms with Crippen LogP contribution in [0.2, 0.25) is 0 Å². The number of amides is 1. The number of para-hydroxylation sites is 1. The van der Waals surface area contributed by atoms with Gasteiger partial charge in [0, 0.05) is 5.69 Å². The van der Waals surface area contributed by atoms with E-state index in [9.17, 15) is 9.59 Å². The van der Waals surface area contributed by atoms with Gasteiger partial charge in [0.15, 0.2) is 0 Å². The lowest BCUT2D eigenvalue weighted by atomic mass is 9.91. The molecule has 1 heterocycles. The summed E-state index contributed by atoms with van der Waals surface area (Å²) in [5.41, 5.74) is 1.49. The molecule has 0 aliphatic carbocycles. The van der Waals surface area contributed by atoms with Gasteiger partial charge in [0.05, 0.1) is 7.11 Å². The van der Waals surface area contributed by atoms with Gasteiger partial charge in [-0.15, -0.1) is 0 Å². The molecular weight excluding hydrogens is 254 g/mol. The molecule has 1 fully saturated rings. The zero-order valence-corrected chi connectivity index (χ0v) is 10.9. The maximum atomic E-state index is 11.9. The molecule has 1 aliphatic rings. The zero-order chi connectivity index (χ0) is 14.1. The molecular formula is C16H13NO3. The normalized spacial score (nSPS) is 17.9. The van der Waals surface area contributed by atoms with Crippen molar-refractivity contribution < 1.29 is 14.3 Å². The van der Waals surface area contributed by atoms with Crippen LogP contribution < -0.4 is 9.64 Å². The predicted molar refractivity (Wildman–Crippen MR) is 74.7 cm³/mol. The molecule has 2 aromatic carbocycles. The van der Waals surface area contributed by atoms with Crippen LogP contribution in [0.5, 0.6) is 5.75 Å². The van der Waals surface area contributed by atoms with Crippen molar-refractivity contribution >= 4 is 17.4 Å². The molecule has 100 valence electrons. The maximum Gasteiger partial charge on any atom is 0.297 e. The number of nitrogens with zero attached hydrogens (tertiary/aromatic N) is 1. The summed E-state index contributed by atoms with van der Waals surface area (Å²) in [7, 11) is 1.57. The number of anilines is 1. The van der Waals surface area contributed by atoms with E-state index in [0.29, 0.717) is 5.75 Å². The van der Waals surface area contributed by atoms with Crippen LogP contribution in [0, 0.1) is 0 Å². The van der Waals surface area contributed by atoms with Gasteiger partial charge in [-0.05, 0) is 29.8 Å². The Balaban J connectivity index is 1.99. The lowest BCUT2D eigenvalue weighted by molar-refractivity contribution is -0.143. The summed E-state index contributed by atoms with van der Waals surface area (Å²) < 4.78 is 5.16.